The quantitative estimate of drug-likeness (QED) is 0.890. The Balaban J connectivity index is 2.23. The van der Waals surface area contributed by atoms with Crippen LogP contribution < -0.4 is 5.73 Å². The molecule has 1 atom stereocenters. The van der Waals surface area contributed by atoms with Gasteiger partial charge in [0.1, 0.15) is 0 Å². The number of hydrogen-bond acceptors (Lipinski definition) is 4. The summed E-state index contributed by atoms with van der Waals surface area (Å²) in [6.45, 7) is 6.92. The molecule has 1 aromatic carbocycles. The van der Waals surface area contributed by atoms with Gasteiger partial charge in [0.15, 0.2) is 5.96 Å². The Labute approximate surface area is 115 Å². The van der Waals surface area contributed by atoms with Crippen LogP contribution in [0.15, 0.2) is 29.3 Å². The van der Waals surface area contributed by atoms with E-state index in [9.17, 15) is 0 Å². The molecule has 2 N–H and O–H groups in total. The largest absolute Gasteiger partial charge is 0.370 e. The summed E-state index contributed by atoms with van der Waals surface area (Å²) >= 11 is 0. The van der Waals surface area contributed by atoms with Crippen molar-refractivity contribution in [2.75, 3.05) is 33.7 Å². The van der Waals surface area contributed by atoms with Crippen molar-refractivity contribution in [1.82, 2.24) is 9.80 Å². The van der Waals surface area contributed by atoms with Gasteiger partial charge in [0, 0.05) is 13.1 Å². The van der Waals surface area contributed by atoms with Gasteiger partial charge in [-0.1, -0.05) is 29.8 Å². The molecule has 1 aliphatic rings. The predicted octanol–water partition coefficient (Wildman–Crippen LogP) is 1.40. The third-order valence-electron chi connectivity index (χ3n) is 3.87. The van der Waals surface area contributed by atoms with Crippen LogP contribution in [0.1, 0.15) is 18.1 Å². The van der Waals surface area contributed by atoms with E-state index in [1.54, 1.807) is 0 Å². The molecule has 0 amide bonds. The van der Waals surface area contributed by atoms with E-state index in [0.29, 0.717) is 5.96 Å². The molecule has 0 bridgehead atoms. The average Bonchev–Trinajstić information content (AvgIpc) is 2.65. The number of benzene rings is 1. The lowest BCUT2D eigenvalue weighted by molar-refractivity contribution is 0.205. The molecule has 0 aromatic heterocycles. The van der Waals surface area contributed by atoms with Crippen LogP contribution in [0, 0.1) is 6.92 Å². The van der Waals surface area contributed by atoms with Gasteiger partial charge in [0.25, 0.3) is 0 Å². The highest BCUT2D eigenvalue weighted by molar-refractivity contribution is 5.81. The molecule has 0 radical (unpaired) electrons. The number of aryl methyl sites for hydroxylation is 1. The normalized spacial score (nSPS) is 23.0. The van der Waals surface area contributed by atoms with Crippen molar-refractivity contribution in [3.63, 3.8) is 0 Å². The molecule has 0 spiro atoms. The lowest BCUT2D eigenvalue weighted by atomic mass is 9.90. The van der Waals surface area contributed by atoms with E-state index in [0.717, 1.165) is 19.6 Å². The molecule has 2 rings (SSSR count). The summed E-state index contributed by atoms with van der Waals surface area (Å²) in [7, 11) is 4.15. The number of likely N-dealkylation sites (N-methyl/N-ethyl adjacent to an activating group) is 1. The molecule has 1 heterocycles. The maximum absolute atomic E-state index is 6.07. The summed E-state index contributed by atoms with van der Waals surface area (Å²) in [6, 6.07) is 8.68. The number of nitrogens with two attached hydrogens (primary N) is 1. The fourth-order valence-electron chi connectivity index (χ4n) is 2.48. The molecule has 4 nitrogen and oxygen atoms in total. The zero-order valence-electron chi connectivity index (χ0n) is 12.3. The zero-order valence-corrected chi connectivity index (χ0v) is 12.3. The first-order valence-electron chi connectivity index (χ1n) is 6.73. The van der Waals surface area contributed by atoms with Gasteiger partial charge >= 0.3 is 0 Å². The van der Waals surface area contributed by atoms with Gasteiger partial charge < -0.3 is 15.5 Å². The molecule has 0 aliphatic carbocycles. The summed E-state index contributed by atoms with van der Waals surface area (Å²) in [5, 5.41) is 0. The van der Waals surface area contributed by atoms with Crippen LogP contribution in [0.4, 0.5) is 0 Å². The van der Waals surface area contributed by atoms with Crippen molar-refractivity contribution in [2.24, 2.45) is 10.7 Å². The third-order valence-corrected chi connectivity index (χ3v) is 3.87. The highest BCUT2D eigenvalue weighted by Gasteiger charge is 2.39. The lowest BCUT2D eigenvalue weighted by Crippen LogP contribution is -2.49. The predicted molar refractivity (Wildman–Crippen MR) is 80.3 cm³/mol. The minimum absolute atomic E-state index is 0.117. The van der Waals surface area contributed by atoms with Crippen LogP contribution >= 0.6 is 0 Å². The van der Waals surface area contributed by atoms with E-state index < -0.39 is 0 Å². The molecule has 0 saturated carbocycles. The minimum Gasteiger partial charge on any atom is -0.370 e. The number of guanidine groups is 1. The third kappa shape index (κ3) is 2.73. The number of nitrogens with zero attached hydrogens (tertiary/aromatic N) is 3. The summed E-state index contributed by atoms with van der Waals surface area (Å²) in [5.74, 6) is 0.657. The average molecular weight is 260 g/mol. The van der Waals surface area contributed by atoms with E-state index in [2.05, 4.69) is 67.0 Å². The molecule has 1 unspecified atom stereocenters. The van der Waals surface area contributed by atoms with Crippen molar-refractivity contribution in [2.45, 2.75) is 19.4 Å². The van der Waals surface area contributed by atoms with Crippen LogP contribution in [0.2, 0.25) is 0 Å². The zero-order chi connectivity index (χ0) is 14.0. The Morgan fingerprint density at radius 1 is 1.32 bits per heavy atom. The van der Waals surface area contributed by atoms with Crippen LogP contribution in [-0.4, -0.2) is 49.5 Å². The summed E-state index contributed by atoms with van der Waals surface area (Å²) in [6.07, 6.45) is 0. The number of aliphatic imine (C=N–C) groups is 1. The van der Waals surface area contributed by atoms with Gasteiger partial charge in [-0.05, 0) is 33.5 Å². The smallest absolute Gasteiger partial charge is 0.192 e. The van der Waals surface area contributed by atoms with E-state index in [-0.39, 0.29) is 5.54 Å². The second-order valence-corrected chi connectivity index (χ2v) is 5.77. The summed E-state index contributed by atoms with van der Waals surface area (Å²) in [5.41, 5.74) is 8.50. The van der Waals surface area contributed by atoms with Crippen LogP contribution in [0.3, 0.4) is 0 Å². The molecule has 1 aromatic rings. The van der Waals surface area contributed by atoms with Gasteiger partial charge in [-0.2, -0.15) is 0 Å². The first kappa shape index (κ1) is 13.9. The molecule has 4 heteroatoms. The fraction of sp³-hybridized carbons (Fsp3) is 0.533. The molecule has 104 valence electrons. The maximum Gasteiger partial charge on any atom is 0.192 e. The Kier molecular flexibility index (Phi) is 3.80. The van der Waals surface area contributed by atoms with Crippen LogP contribution in [0.5, 0.6) is 0 Å². The van der Waals surface area contributed by atoms with Crippen molar-refractivity contribution >= 4 is 5.96 Å². The van der Waals surface area contributed by atoms with Crippen molar-refractivity contribution in [3.8, 4) is 0 Å². The Morgan fingerprint density at radius 2 is 1.95 bits per heavy atom. The minimum atomic E-state index is -0.117. The highest BCUT2D eigenvalue weighted by Crippen LogP contribution is 2.32. The number of rotatable bonds is 4. The lowest BCUT2D eigenvalue weighted by Gasteiger charge is -2.37. The Morgan fingerprint density at radius 3 is 2.53 bits per heavy atom. The second kappa shape index (κ2) is 5.21. The van der Waals surface area contributed by atoms with Crippen molar-refractivity contribution < 1.29 is 0 Å². The first-order valence-corrected chi connectivity index (χ1v) is 6.73. The van der Waals surface area contributed by atoms with E-state index >= 15 is 0 Å². The van der Waals surface area contributed by atoms with Gasteiger partial charge in [-0.3, -0.25) is 4.99 Å². The molecular weight excluding hydrogens is 236 g/mol. The van der Waals surface area contributed by atoms with E-state index in [1.807, 2.05) is 0 Å². The fourth-order valence-corrected chi connectivity index (χ4v) is 2.48. The van der Waals surface area contributed by atoms with Gasteiger partial charge in [-0.15, -0.1) is 0 Å². The highest BCUT2D eigenvalue weighted by atomic mass is 15.4. The molecule has 0 saturated heterocycles. The molecule has 0 fully saturated rings. The standard InChI is InChI=1S/C15H24N4/c1-12-5-7-13(8-6-12)15(2)11-17-14(16)19(15)10-9-18(3)4/h5-8H,9-11H2,1-4H3,(H2,16,17). The maximum atomic E-state index is 6.07. The van der Waals surface area contributed by atoms with Crippen LogP contribution in [0.25, 0.3) is 0 Å². The summed E-state index contributed by atoms with van der Waals surface area (Å²) in [4.78, 5) is 8.84. The Bertz CT molecular complexity index is 464. The van der Waals surface area contributed by atoms with Crippen molar-refractivity contribution in [3.05, 3.63) is 35.4 Å². The monoisotopic (exact) mass is 260 g/mol. The second-order valence-electron chi connectivity index (χ2n) is 5.77. The molecular formula is C15H24N4. The molecule has 1 aliphatic heterocycles. The molecule has 19 heavy (non-hydrogen) atoms. The number of hydrogen-bond donors (Lipinski definition) is 1. The van der Waals surface area contributed by atoms with Crippen LogP contribution in [-0.2, 0) is 5.54 Å². The topological polar surface area (TPSA) is 44.9 Å². The van der Waals surface area contributed by atoms with E-state index in [4.69, 9.17) is 5.73 Å². The van der Waals surface area contributed by atoms with Gasteiger partial charge in [0.05, 0.1) is 12.1 Å². The van der Waals surface area contributed by atoms with Gasteiger partial charge in [-0.25, -0.2) is 0 Å². The summed E-state index contributed by atoms with van der Waals surface area (Å²) < 4.78 is 0. The SMILES string of the molecule is Cc1ccc(C2(C)CN=C(N)N2CCN(C)C)cc1. The Hall–Kier alpha value is -1.55. The first-order chi connectivity index (χ1) is 8.93. The van der Waals surface area contributed by atoms with Gasteiger partial charge in [0.2, 0.25) is 0 Å². The van der Waals surface area contributed by atoms with E-state index in [1.165, 1.54) is 11.1 Å². The van der Waals surface area contributed by atoms with Crippen molar-refractivity contribution in [1.29, 1.82) is 0 Å².